The van der Waals surface area contributed by atoms with Gasteiger partial charge in [0.25, 0.3) is 5.91 Å². The molecule has 0 bridgehead atoms. The Labute approximate surface area is 152 Å². The maximum atomic E-state index is 12.5. The van der Waals surface area contributed by atoms with Gasteiger partial charge in [0, 0.05) is 16.3 Å². The summed E-state index contributed by atoms with van der Waals surface area (Å²) in [4.78, 5) is 12.5. The molecule has 0 aliphatic carbocycles. The van der Waals surface area contributed by atoms with Crippen LogP contribution in [0, 0.1) is 25.2 Å². The van der Waals surface area contributed by atoms with Gasteiger partial charge in [-0.3, -0.25) is 4.79 Å². The molecule has 128 valence electrons. The van der Waals surface area contributed by atoms with E-state index in [9.17, 15) is 10.1 Å². The topological polar surface area (TPSA) is 62.1 Å². The average Bonchev–Trinajstić information content (AvgIpc) is 2.59. The van der Waals surface area contributed by atoms with Crippen molar-refractivity contribution in [3.8, 4) is 11.8 Å². The number of nitrogens with one attached hydrogen (secondary N) is 1. The average molecular weight is 355 g/mol. The number of benzene rings is 2. The highest BCUT2D eigenvalue weighted by Gasteiger charge is 2.13. The smallest absolute Gasteiger partial charge is 0.266 e. The molecule has 2 aromatic carbocycles. The molecule has 1 amide bonds. The zero-order chi connectivity index (χ0) is 18.4. The number of nitriles is 1. The zero-order valence-electron chi connectivity index (χ0n) is 14.4. The van der Waals surface area contributed by atoms with Gasteiger partial charge in [-0.25, -0.2) is 0 Å². The van der Waals surface area contributed by atoms with Gasteiger partial charge in [0.15, 0.2) is 0 Å². The van der Waals surface area contributed by atoms with E-state index in [0.29, 0.717) is 28.6 Å². The van der Waals surface area contributed by atoms with Gasteiger partial charge in [0.1, 0.15) is 17.4 Å². The van der Waals surface area contributed by atoms with E-state index in [1.54, 1.807) is 24.3 Å². The van der Waals surface area contributed by atoms with E-state index in [1.807, 2.05) is 39.0 Å². The Morgan fingerprint density at radius 1 is 1.32 bits per heavy atom. The van der Waals surface area contributed by atoms with E-state index in [0.717, 1.165) is 11.1 Å². The van der Waals surface area contributed by atoms with E-state index in [2.05, 4.69) is 5.32 Å². The van der Waals surface area contributed by atoms with Crippen molar-refractivity contribution >= 4 is 29.3 Å². The number of halogens is 1. The molecule has 4 nitrogen and oxygen atoms in total. The number of carbonyl (C=O) groups excluding carboxylic acids is 1. The fourth-order valence-electron chi connectivity index (χ4n) is 2.30. The summed E-state index contributed by atoms with van der Waals surface area (Å²) in [6.07, 6.45) is 1.48. The molecule has 5 heteroatoms. The second-order valence-corrected chi connectivity index (χ2v) is 5.92. The molecular formula is C20H19ClN2O2. The van der Waals surface area contributed by atoms with Crippen LogP contribution in [0.25, 0.3) is 6.08 Å². The van der Waals surface area contributed by atoms with Crippen LogP contribution in [0.5, 0.6) is 5.75 Å². The first kappa shape index (κ1) is 18.6. The highest BCUT2D eigenvalue weighted by molar-refractivity contribution is 6.30. The standard InChI is InChI=1S/C20H19ClN2O2/c1-4-25-19-9-8-17(21)11-15(19)10-16(12-22)20(24)23-18-7-5-6-13(2)14(18)3/h5-11H,4H2,1-3H3,(H,23,24)/b16-10+. The largest absolute Gasteiger partial charge is 0.493 e. The van der Waals surface area contributed by atoms with Crippen LogP contribution in [0.1, 0.15) is 23.6 Å². The summed E-state index contributed by atoms with van der Waals surface area (Å²) in [5.74, 6) is 0.0952. The van der Waals surface area contributed by atoms with Crippen LogP contribution in [0.3, 0.4) is 0 Å². The van der Waals surface area contributed by atoms with E-state index in [4.69, 9.17) is 16.3 Å². The third-order valence-corrected chi connectivity index (χ3v) is 4.02. The predicted molar refractivity (Wildman–Crippen MR) is 101 cm³/mol. The third kappa shape index (κ3) is 4.62. The maximum absolute atomic E-state index is 12.5. The number of rotatable bonds is 5. The Kier molecular flexibility index (Phi) is 6.21. The Bertz CT molecular complexity index is 866. The van der Waals surface area contributed by atoms with Crippen molar-refractivity contribution in [3.05, 3.63) is 63.7 Å². The SMILES string of the molecule is CCOc1ccc(Cl)cc1/C=C(\C#N)C(=O)Nc1cccc(C)c1C. The Hall–Kier alpha value is -2.77. The molecule has 0 spiro atoms. The Morgan fingerprint density at radius 3 is 2.76 bits per heavy atom. The van der Waals surface area contributed by atoms with Gasteiger partial charge in [-0.15, -0.1) is 0 Å². The van der Waals surface area contributed by atoms with Gasteiger partial charge in [-0.2, -0.15) is 5.26 Å². The van der Waals surface area contributed by atoms with Crippen molar-refractivity contribution < 1.29 is 9.53 Å². The molecule has 0 radical (unpaired) electrons. The fourth-order valence-corrected chi connectivity index (χ4v) is 2.48. The van der Waals surface area contributed by atoms with E-state index >= 15 is 0 Å². The molecule has 0 unspecified atom stereocenters. The van der Waals surface area contributed by atoms with Gasteiger partial charge >= 0.3 is 0 Å². The highest BCUT2D eigenvalue weighted by Crippen LogP contribution is 2.26. The lowest BCUT2D eigenvalue weighted by Gasteiger charge is -2.11. The van der Waals surface area contributed by atoms with E-state index in [1.165, 1.54) is 6.08 Å². The summed E-state index contributed by atoms with van der Waals surface area (Å²) in [5, 5.41) is 12.7. The summed E-state index contributed by atoms with van der Waals surface area (Å²) >= 11 is 6.02. The lowest BCUT2D eigenvalue weighted by molar-refractivity contribution is -0.112. The molecule has 0 fully saturated rings. The van der Waals surface area contributed by atoms with Crippen molar-refractivity contribution in [1.82, 2.24) is 0 Å². The molecule has 25 heavy (non-hydrogen) atoms. The summed E-state index contributed by atoms with van der Waals surface area (Å²) in [6.45, 7) is 6.22. The quantitative estimate of drug-likeness (QED) is 0.613. The molecule has 0 aliphatic rings. The van der Waals surface area contributed by atoms with Gasteiger partial charge in [0.05, 0.1) is 6.61 Å². The van der Waals surface area contributed by atoms with Crippen molar-refractivity contribution in [3.63, 3.8) is 0 Å². The molecule has 0 saturated heterocycles. The number of hydrogen-bond acceptors (Lipinski definition) is 3. The monoisotopic (exact) mass is 354 g/mol. The summed E-state index contributed by atoms with van der Waals surface area (Å²) in [5.41, 5.74) is 3.27. The number of ether oxygens (including phenoxy) is 1. The van der Waals surface area contributed by atoms with Crippen LogP contribution < -0.4 is 10.1 Å². The van der Waals surface area contributed by atoms with Crippen molar-refractivity contribution in [2.45, 2.75) is 20.8 Å². The first-order valence-electron chi connectivity index (χ1n) is 7.88. The molecular weight excluding hydrogens is 336 g/mol. The third-order valence-electron chi connectivity index (χ3n) is 3.79. The minimum Gasteiger partial charge on any atom is -0.493 e. The summed E-state index contributed by atoms with van der Waals surface area (Å²) in [7, 11) is 0. The lowest BCUT2D eigenvalue weighted by Crippen LogP contribution is -2.14. The van der Waals surface area contributed by atoms with Crippen LogP contribution in [0.4, 0.5) is 5.69 Å². The number of carbonyl (C=O) groups is 1. The van der Waals surface area contributed by atoms with Crippen molar-refractivity contribution in [2.75, 3.05) is 11.9 Å². The number of aryl methyl sites for hydroxylation is 1. The molecule has 0 saturated carbocycles. The molecule has 0 atom stereocenters. The van der Waals surface area contributed by atoms with Crippen LogP contribution in [0.15, 0.2) is 42.0 Å². The first-order valence-corrected chi connectivity index (χ1v) is 8.25. The predicted octanol–water partition coefficient (Wildman–Crippen LogP) is 4.90. The molecule has 2 aromatic rings. The van der Waals surface area contributed by atoms with Crippen LogP contribution in [-0.2, 0) is 4.79 Å². The normalized spacial score (nSPS) is 10.9. The second-order valence-electron chi connectivity index (χ2n) is 5.49. The summed E-state index contributed by atoms with van der Waals surface area (Å²) in [6, 6.07) is 12.7. The first-order chi connectivity index (χ1) is 12.0. The number of anilines is 1. The van der Waals surface area contributed by atoms with Crippen LogP contribution in [0.2, 0.25) is 5.02 Å². The van der Waals surface area contributed by atoms with Crippen molar-refractivity contribution in [2.24, 2.45) is 0 Å². The number of hydrogen-bond donors (Lipinski definition) is 1. The molecule has 1 N–H and O–H groups in total. The minimum atomic E-state index is -0.473. The van der Waals surface area contributed by atoms with Gasteiger partial charge in [0.2, 0.25) is 0 Å². The van der Waals surface area contributed by atoms with Crippen LogP contribution in [-0.4, -0.2) is 12.5 Å². The Morgan fingerprint density at radius 2 is 2.08 bits per heavy atom. The lowest BCUT2D eigenvalue weighted by atomic mass is 10.1. The minimum absolute atomic E-state index is 0.0240. The zero-order valence-corrected chi connectivity index (χ0v) is 15.1. The van der Waals surface area contributed by atoms with Gasteiger partial charge in [-0.05, 0) is 62.2 Å². The maximum Gasteiger partial charge on any atom is 0.266 e. The second kappa shape index (κ2) is 8.36. The van der Waals surface area contributed by atoms with E-state index in [-0.39, 0.29) is 5.57 Å². The van der Waals surface area contributed by atoms with Gasteiger partial charge < -0.3 is 10.1 Å². The summed E-state index contributed by atoms with van der Waals surface area (Å²) < 4.78 is 5.53. The van der Waals surface area contributed by atoms with Crippen molar-refractivity contribution in [1.29, 1.82) is 5.26 Å². The number of nitrogens with zero attached hydrogens (tertiary/aromatic N) is 1. The molecule has 0 aliphatic heterocycles. The Balaban J connectivity index is 2.34. The number of amides is 1. The van der Waals surface area contributed by atoms with Crippen LogP contribution >= 0.6 is 11.6 Å². The fraction of sp³-hybridized carbons (Fsp3) is 0.200. The molecule has 0 heterocycles. The van der Waals surface area contributed by atoms with Gasteiger partial charge in [-0.1, -0.05) is 23.7 Å². The highest BCUT2D eigenvalue weighted by atomic mass is 35.5. The van der Waals surface area contributed by atoms with E-state index < -0.39 is 5.91 Å². The molecule has 0 aromatic heterocycles. The molecule has 2 rings (SSSR count).